The van der Waals surface area contributed by atoms with Crippen molar-refractivity contribution in [3.8, 4) is 0 Å². The first-order valence-electron chi connectivity index (χ1n) is 11.8. The minimum Gasteiger partial charge on any atom is -0.371 e. The topological polar surface area (TPSA) is 78.7 Å². The maximum absolute atomic E-state index is 12.4. The fourth-order valence-corrected chi connectivity index (χ4v) is 5.09. The lowest BCUT2D eigenvalue weighted by Crippen LogP contribution is -2.50. The highest BCUT2D eigenvalue weighted by Gasteiger charge is 2.35. The van der Waals surface area contributed by atoms with E-state index in [0.29, 0.717) is 12.5 Å². The van der Waals surface area contributed by atoms with Crippen molar-refractivity contribution in [3.63, 3.8) is 0 Å². The van der Waals surface area contributed by atoms with Gasteiger partial charge in [0.1, 0.15) is 0 Å². The minimum absolute atomic E-state index is 0.0586. The van der Waals surface area contributed by atoms with E-state index in [1.807, 2.05) is 30.3 Å². The summed E-state index contributed by atoms with van der Waals surface area (Å²) in [5, 5.41) is 3.05. The molecule has 0 radical (unpaired) electrons. The molecule has 0 unspecified atom stereocenters. The second-order valence-electron chi connectivity index (χ2n) is 8.95. The number of rotatable bonds is 8. The zero-order chi connectivity index (χ0) is 22.3. The Balaban J connectivity index is 1.26. The van der Waals surface area contributed by atoms with Gasteiger partial charge in [0, 0.05) is 36.9 Å². The first kappa shape index (κ1) is 22.3. The Morgan fingerprint density at radius 3 is 2.50 bits per heavy atom. The van der Waals surface area contributed by atoms with E-state index in [1.165, 1.54) is 5.56 Å². The average Bonchev–Trinajstić information content (AvgIpc) is 3.31. The number of piperidine rings is 1. The van der Waals surface area contributed by atoms with Gasteiger partial charge >= 0.3 is 0 Å². The van der Waals surface area contributed by atoms with Gasteiger partial charge in [0.15, 0.2) is 0 Å². The summed E-state index contributed by atoms with van der Waals surface area (Å²) < 4.78 is 0. The van der Waals surface area contributed by atoms with Crippen LogP contribution in [0.4, 0.5) is 11.4 Å². The van der Waals surface area contributed by atoms with Crippen LogP contribution >= 0.6 is 0 Å². The SMILES string of the molecule is NC(=O)[C@@H]1CCCN1C1CCN(c2cccc(NC(=O)CCCc3ccccc3)c2)CC1. The lowest BCUT2D eigenvalue weighted by atomic mass is 10.0. The molecule has 2 amide bonds. The highest BCUT2D eigenvalue weighted by atomic mass is 16.2. The number of benzene rings is 2. The Morgan fingerprint density at radius 1 is 0.969 bits per heavy atom. The van der Waals surface area contributed by atoms with Crippen molar-refractivity contribution in [2.24, 2.45) is 5.73 Å². The van der Waals surface area contributed by atoms with Gasteiger partial charge in [0.2, 0.25) is 11.8 Å². The Kier molecular flexibility index (Phi) is 7.43. The van der Waals surface area contributed by atoms with Gasteiger partial charge in [-0.1, -0.05) is 36.4 Å². The number of carbonyl (C=O) groups excluding carboxylic acids is 2. The van der Waals surface area contributed by atoms with Crippen molar-refractivity contribution in [2.45, 2.75) is 57.0 Å². The van der Waals surface area contributed by atoms with Crippen molar-refractivity contribution >= 4 is 23.2 Å². The number of nitrogens with zero attached hydrogens (tertiary/aromatic N) is 2. The summed E-state index contributed by atoms with van der Waals surface area (Å²) in [5.41, 5.74) is 8.86. The van der Waals surface area contributed by atoms with Gasteiger partial charge in [0.05, 0.1) is 6.04 Å². The van der Waals surface area contributed by atoms with E-state index in [0.717, 1.165) is 69.5 Å². The monoisotopic (exact) mass is 434 g/mol. The standard InChI is InChI=1S/C26H34N4O2/c27-26(32)24-12-6-16-30(24)22-14-17-29(18-15-22)23-11-5-10-21(19-23)28-25(31)13-4-9-20-7-2-1-3-8-20/h1-3,5,7-8,10-11,19,22,24H,4,6,9,12-18H2,(H2,27,32)(H,28,31)/t24-/m0/s1. The van der Waals surface area contributed by atoms with Crippen LogP contribution in [0, 0.1) is 0 Å². The van der Waals surface area contributed by atoms with Gasteiger partial charge in [-0.25, -0.2) is 0 Å². The summed E-state index contributed by atoms with van der Waals surface area (Å²) in [4.78, 5) is 28.8. The molecule has 2 aliphatic heterocycles. The lowest BCUT2D eigenvalue weighted by molar-refractivity contribution is -0.123. The second-order valence-corrected chi connectivity index (χ2v) is 8.95. The van der Waals surface area contributed by atoms with Crippen LogP contribution in [0.15, 0.2) is 54.6 Å². The number of amides is 2. The largest absolute Gasteiger partial charge is 0.371 e. The molecule has 4 rings (SSSR count). The quantitative estimate of drug-likeness (QED) is 0.666. The molecule has 0 saturated carbocycles. The number of hydrogen-bond acceptors (Lipinski definition) is 4. The smallest absolute Gasteiger partial charge is 0.234 e. The molecule has 3 N–H and O–H groups in total. The summed E-state index contributed by atoms with van der Waals surface area (Å²) in [6, 6.07) is 18.7. The normalized spacial score (nSPS) is 19.8. The molecule has 2 aromatic carbocycles. The molecule has 2 aliphatic rings. The van der Waals surface area contributed by atoms with Crippen LogP contribution in [-0.4, -0.2) is 48.4 Å². The highest BCUT2D eigenvalue weighted by Crippen LogP contribution is 2.29. The molecule has 2 saturated heterocycles. The summed E-state index contributed by atoms with van der Waals surface area (Å²) in [6.45, 7) is 2.87. The van der Waals surface area contributed by atoms with Crippen molar-refractivity contribution in [3.05, 3.63) is 60.2 Å². The number of primary amides is 1. The third kappa shape index (κ3) is 5.68. The molecule has 0 aliphatic carbocycles. The van der Waals surface area contributed by atoms with Crippen molar-refractivity contribution in [2.75, 3.05) is 29.9 Å². The first-order valence-corrected chi connectivity index (χ1v) is 11.8. The number of nitrogens with two attached hydrogens (primary N) is 1. The van der Waals surface area contributed by atoms with E-state index < -0.39 is 0 Å². The molecule has 0 spiro atoms. The van der Waals surface area contributed by atoms with Gasteiger partial charge < -0.3 is 16.0 Å². The van der Waals surface area contributed by atoms with E-state index in [2.05, 4.69) is 39.4 Å². The van der Waals surface area contributed by atoms with E-state index in [-0.39, 0.29) is 17.9 Å². The lowest BCUT2D eigenvalue weighted by Gasteiger charge is -2.39. The zero-order valence-electron chi connectivity index (χ0n) is 18.7. The molecule has 6 heteroatoms. The number of carbonyl (C=O) groups is 2. The van der Waals surface area contributed by atoms with Gasteiger partial charge in [-0.3, -0.25) is 14.5 Å². The molecule has 6 nitrogen and oxygen atoms in total. The molecule has 2 aromatic rings. The minimum atomic E-state index is -0.183. The maximum Gasteiger partial charge on any atom is 0.234 e. The molecule has 2 fully saturated rings. The van der Waals surface area contributed by atoms with Crippen LogP contribution in [0.5, 0.6) is 0 Å². The Morgan fingerprint density at radius 2 is 1.75 bits per heavy atom. The van der Waals surface area contributed by atoms with Gasteiger partial charge in [-0.05, 0) is 68.8 Å². The van der Waals surface area contributed by atoms with Gasteiger partial charge in [-0.15, -0.1) is 0 Å². The molecule has 0 aromatic heterocycles. The molecule has 32 heavy (non-hydrogen) atoms. The van der Waals surface area contributed by atoms with Crippen LogP contribution in [0.1, 0.15) is 44.1 Å². The third-order valence-electron chi connectivity index (χ3n) is 6.76. The van der Waals surface area contributed by atoms with Crippen LogP contribution in [-0.2, 0) is 16.0 Å². The molecular formula is C26H34N4O2. The van der Waals surface area contributed by atoms with Crippen molar-refractivity contribution in [1.29, 1.82) is 0 Å². The van der Waals surface area contributed by atoms with Crippen LogP contribution in [0.25, 0.3) is 0 Å². The first-order chi connectivity index (χ1) is 15.6. The Bertz CT molecular complexity index is 909. The molecule has 1 atom stereocenters. The summed E-state index contributed by atoms with van der Waals surface area (Å²) in [7, 11) is 0. The Hall–Kier alpha value is -2.86. The number of likely N-dealkylation sites (tertiary alicyclic amines) is 1. The van der Waals surface area contributed by atoms with Crippen LogP contribution < -0.4 is 16.0 Å². The summed E-state index contributed by atoms with van der Waals surface area (Å²) in [5.74, 6) is -0.125. The number of anilines is 2. The summed E-state index contributed by atoms with van der Waals surface area (Å²) >= 11 is 0. The van der Waals surface area contributed by atoms with Gasteiger partial charge in [-0.2, -0.15) is 0 Å². The maximum atomic E-state index is 12.4. The predicted octanol–water partition coefficient (Wildman–Crippen LogP) is 3.57. The number of aryl methyl sites for hydroxylation is 1. The van der Waals surface area contributed by atoms with E-state index >= 15 is 0 Å². The van der Waals surface area contributed by atoms with Crippen molar-refractivity contribution in [1.82, 2.24) is 4.90 Å². The number of nitrogens with one attached hydrogen (secondary N) is 1. The van der Waals surface area contributed by atoms with Gasteiger partial charge in [0.25, 0.3) is 0 Å². The molecule has 170 valence electrons. The van der Waals surface area contributed by atoms with Crippen LogP contribution in [0.3, 0.4) is 0 Å². The van der Waals surface area contributed by atoms with E-state index in [1.54, 1.807) is 0 Å². The molecule has 2 heterocycles. The highest BCUT2D eigenvalue weighted by molar-refractivity contribution is 5.91. The fraction of sp³-hybridized carbons (Fsp3) is 0.462. The molecular weight excluding hydrogens is 400 g/mol. The Labute approximate surface area is 190 Å². The van der Waals surface area contributed by atoms with E-state index in [9.17, 15) is 9.59 Å². The summed E-state index contributed by atoms with van der Waals surface area (Å²) in [6.07, 6.45) is 6.27. The molecule has 0 bridgehead atoms. The average molecular weight is 435 g/mol. The predicted molar refractivity (Wildman–Crippen MR) is 129 cm³/mol. The van der Waals surface area contributed by atoms with E-state index in [4.69, 9.17) is 5.73 Å². The fourth-order valence-electron chi connectivity index (χ4n) is 5.09. The second kappa shape index (κ2) is 10.6. The van der Waals surface area contributed by atoms with Crippen molar-refractivity contribution < 1.29 is 9.59 Å². The zero-order valence-corrected chi connectivity index (χ0v) is 18.7. The third-order valence-corrected chi connectivity index (χ3v) is 6.76. The van der Waals surface area contributed by atoms with Crippen LogP contribution in [0.2, 0.25) is 0 Å². The number of hydrogen-bond donors (Lipinski definition) is 2.